The fourth-order valence-electron chi connectivity index (χ4n) is 5.18. The molecular formula is C19H34P2. The summed E-state index contributed by atoms with van der Waals surface area (Å²) in [6, 6.07) is 0. The summed E-state index contributed by atoms with van der Waals surface area (Å²) in [5.74, 6) is 0. The molecule has 4 saturated carbocycles. The summed E-state index contributed by atoms with van der Waals surface area (Å²) in [5.41, 5.74) is 4.74. The second-order valence-corrected chi connectivity index (χ2v) is 15.8. The Morgan fingerprint density at radius 3 is 0.905 bits per heavy atom. The van der Waals surface area contributed by atoms with Gasteiger partial charge in [0.2, 0.25) is 0 Å². The second-order valence-electron chi connectivity index (χ2n) is 8.65. The van der Waals surface area contributed by atoms with Gasteiger partial charge in [0.15, 0.2) is 0 Å². The van der Waals surface area contributed by atoms with Crippen molar-refractivity contribution >= 4 is 15.8 Å². The van der Waals surface area contributed by atoms with E-state index < -0.39 is 0 Å². The molecule has 0 atom stereocenters. The van der Waals surface area contributed by atoms with E-state index in [1.165, 1.54) is 22.6 Å². The van der Waals surface area contributed by atoms with Crippen LogP contribution in [-0.2, 0) is 0 Å². The minimum atomic E-state index is 0.328. The lowest BCUT2D eigenvalue weighted by Crippen LogP contribution is -2.41. The van der Waals surface area contributed by atoms with Gasteiger partial charge in [0, 0.05) is 4.90 Å². The molecule has 0 nitrogen and oxygen atoms in total. The zero-order valence-electron chi connectivity index (χ0n) is 14.2. The van der Waals surface area contributed by atoms with Crippen molar-refractivity contribution in [1.29, 1.82) is 0 Å². The molecule has 120 valence electrons. The molecule has 0 aromatic carbocycles. The molecule has 0 heterocycles. The molecule has 0 aromatic heterocycles. The van der Waals surface area contributed by atoms with Gasteiger partial charge >= 0.3 is 0 Å². The molecule has 4 aliphatic carbocycles. The number of hydrogen-bond acceptors (Lipinski definition) is 0. The van der Waals surface area contributed by atoms with Crippen LogP contribution in [-0.4, -0.2) is 27.5 Å². The van der Waals surface area contributed by atoms with Crippen LogP contribution < -0.4 is 0 Å². The van der Waals surface area contributed by atoms with Crippen LogP contribution in [0.3, 0.4) is 0 Å². The standard InChI is InChI=1S/C19H34P2/c1-19(2,20(15-7-3-8-15)16-9-4-10-16)21(17-11-5-12-17)18-13-6-14-18/h15-18H,3-14H2,1-2H3. The molecule has 0 N–H and O–H groups in total. The van der Waals surface area contributed by atoms with Crippen molar-refractivity contribution in [3.63, 3.8) is 0 Å². The van der Waals surface area contributed by atoms with E-state index in [0.717, 1.165) is 4.90 Å². The Morgan fingerprint density at radius 1 is 0.524 bits per heavy atom. The minimum Gasteiger partial charge on any atom is -0.0900 e. The summed E-state index contributed by atoms with van der Waals surface area (Å²) < 4.78 is 0. The largest absolute Gasteiger partial charge is 0.0900 e. The lowest BCUT2D eigenvalue weighted by Gasteiger charge is -2.59. The van der Waals surface area contributed by atoms with E-state index >= 15 is 0 Å². The summed E-state index contributed by atoms with van der Waals surface area (Å²) in [6.45, 7) is 5.55. The van der Waals surface area contributed by atoms with Crippen LogP contribution in [0, 0.1) is 0 Å². The first-order chi connectivity index (χ1) is 10.2. The Kier molecular flexibility index (Phi) is 4.44. The smallest absolute Gasteiger partial charge is 0.00596 e. The SMILES string of the molecule is CC(C)(P(C1CCC1)C1CCC1)P(C1CCC1)C1CCC1. The normalized spacial score (nSPS) is 29.1. The van der Waals surface area contributed by atoms with Gasteiger partial charge in [-0.1, -0.05) is 55.4 Å². The lowest BCUT2D eigenvalue weighted by atomic mass is 9.98. The van der Waals surface area contributed by atoms with E-state index in [9.17, 15) is 0 Å². The minimum absolute atomic E-state index is 0.328. The van der Waals surface area contributed by atoms with Crippen molar-refractivity contribution in [2.24, 2.45) is 0 Å². The topological polar surface area (TPSA) is 0 Å². The molecular weight excluding hydrogens is 290 g/mol. The first kappa shape index (κ1) is 15.4. The van der Waals surface area contributed by atoms with Gasteiger partial charge in [-0.25, -0.2) is 0 Å². The van der Waals surface area contributed by atoms with Crippen LogP contribution in [0.1, 0.15) is 90.9 Å². The average molecular weight is 324 g/mol. The zero-order chi connectivity index (χ0) is 14.4. The van der Waals surface area contributed by atoms with E-state index in [1.807, 2.05) is 0 Å². The first-order valence-corrected chi connectivity index (χ1v) is 12.7. The van der Waals surface area contributed by atoms with Crippen LogP contribution in [0.4, 0.5) is 0 Å². The molecule has 4 rings (SSSR count). The maximum Gasteiger partial charge on any atom is 0.00596 e. The van der Waals surface area contributed by atoms with Crippen molar-refractivity contribution in [2.75, 3.05) is 0 Å². The highest BCUT2D eigenvalue weighted by Gasteiger charge is 2.52. The third-order valence-electron chi connectivity index (χ3n) is 7.14. The van der Waals surface area contributed by atoms with Crippen molar-refractivity contribution < 1.29 is 0 Å². The fourth-order valence-corrected chi connectivity index (χ4v) is 16.7. The van der Waals surface area contributed by atoms with Gasteiger partial charge in [0.05, 0.1) is 0 Å². The highest BCUT2D eigenvalue weighted by atomic mass is 31.2. The van der Waals surface area contributed by atoms with Gasteiger partial charge in [0.25, 0.3) is 0 Å². The third kappa shape index (κ3) is 2.66. The molecule has 0 bridgehead atoms. The highest BCUT2D eigenvalue weighted by molar-refractivity contribution is 7.78. The Balaban J connectivity index is 1.57. The third-order valence-corrected chi connectivity index (χ3v) is 16.3. The molecule has 0 unspecified atom stereocenters. The second kappa shape index (κ2) is 6.06. The lowest BCUT2D eigenvalue weighted by molar-refractivity contribution is 0.457. The van der Waals surface area contributed by atoms with Crippen LogP contribution in [0.15, 0.2) is 0 Å². The Labute approximate surface area is 134 Å². The van der Waals surface area contributed by atoms with Crippen LogP contribution in [0.5, 0.6) is 0 Å². The van der Waals surface area contributed by atoms with Crippen molar-refractivity contribution in [2.45, 2.75) is 118 Å². The van der Waals surface area contributed by atoms with Crippen LogP contribution >= 0.6 is 15.8 Å². The molecule has 0 aromatic rings. The van der Waals surface area contributed by atoms with Gasteiger partial charge in [-0.3, -0.25) is 0 Å². The predicted molar refractivity (Wildman–Crippen MR) is 98.5 cm³/mol. The van der Waals surface area contributed by atoms with E-state index in [4.69, 9.17) is 0 Å². The monoisotopic (exact) mass is 324 g/mol. The highest BCUT2D eigenvalue weighted by Crippen LogP contribution is 2.80. The van der Waals surface area contributed by atoms with E-state index in [2.05, 4.69) is 13.8 Å². The molecule has 4 fully saturated rings. The summed E-state index contributed by atoms with van der Waals surface area (Å²) in [6.07, 6.45) is 19.0. The van der Waals surface area contributed by atoms with Gasteiger partial charge in [-0.2, -0.15) is 0 Å². The Hall–Kier alpha value is 0.860. The van der Waals surface area contributed by atoms with Crippen molar-refractivity contribution in [1.82, 2.24) is 0 Å². The Bertz CT molecular complexity index is 300. The van der Waals surface area contributed by atoms with E-state index in [1.54, 1.807) is 77.0 Å². The summed E-state index contributed by atoms with van der Waals surface area (Å²) >= 11 is 0. The van der Waals surface area contributed by atoms with Gasteiger partial charge in [0.1, 0.15) is 0 Å². The number of hydrogen-bond donors (Lipinski definition) is 0. The zero-order valence-corrected chi connectivity index (χ0v) is 16.0. The van der Waals surface area contributed by atoms with Gasteiger partial charge in [-0.05, 0) is 74.0 Å². The molecule has 0 amide bonds. The van der Waals surface area contributed by atoms with Crippen molar-refractivity contribution in [3.8, 4) is 0 Å². The molecule has 0 radical (unpaired) electrons. The predicted octanol–water partition coefficient (Wildman–Crippen LogP) is 6.90. The van der Waals surface area contributed by atoms with Crippen LogP contribution in [0.25, 0.3) is 0 Å². The summed E-state index contributed by atoms with van der Waals surface area (Å²) in [4.78, 5) is 0.761. The molecule has 21 heavy (non-hydrogen) atoms. The summed E-state index contributed by atoms with van der Waals surface area (Å²) in [7, 11) is 0.656. The van der Waals surface area contributed by atoms with E-state index in [0.29, 0.717) is 15.8 Å². The first-order valence-electron chi connectivity index (χ1n) is 9.75. The maximum absolute atomic E-state index is 2.78. The maximum atomic E-state index is 2.78. The average Bonchev–Trinajstić information content (AvgIpc) is 2.17. The van der Waals surface area contributed by atoms with Crippen molar-refractivity contribution in [3.05, 3.63) is 0 Å². The Morgan fingerprint density at radius 2 is 0.762 bits per heavy atom. The fraction of sp³-hybridized carbons (Fsp3) is 1.00. The molecule has 2 heteroatoms. The molecule has 0 aliphatic heterocycles. The summed E-state index contributed by atoms with van der Waals surface area (Å²) in [5, 5.41) is 0. The van der Waals surface area contributed by atoms with Gasteiger partial charge in [-0.15, -0.1) is 0 Å². The molecule has 4 aliphatic rings. The molecule has 0 saturated heterocycles. The number of rotatable bonds is 6. The quantitative estimate of drug-likeness (QED) is 0.466. The van der Waals surface area contributed by atoms with E-state index in [-0.39, 0.29) is 0 Å². The van der Waals surface area contributed by atoms with Crippen LogP contribution in [0.2, 0.25) is 0 Å². The van der Waals surface area contributed by atoms with Gasteiger partial charge < -0.3 is 0 Å². The molecule has 0 spiro atoms.